The van der Waals surface area contributed by atoms with Crippen molar-refractivity contribution < 1.29 is 0 Å². The summed E-state index contributed by atoms with van der Waals surface area (Å²) >= 11 is 4.66. The van der Waals surface area contributed by atoms with Crippen molar-refractivity contribution in [3.8, 4) is 0 Å². The van der Waals surface area contributed by atoms with Gasteiger partial charge in [-0.2, -0.15) is 0 Å². The van der Waals surface area contributed by atoms with Crippen molar-refractivity contribution in [2.75, 3.05) is 20.1 Å². The van der Waals surface area contributed by atoms with Crippen LogP contribution in [0.25, 0.3) is 0 Å². The molecule has 0 rings (SSSR count). The van der Waals surface area contributed by atoms with E-state index in [1.165, 1.54) is 0 Å². The lowest BCUT2D eigenvalue weighted by Gasteiger charge is -2.20. The number of hydrogen-bond acceptors (Lipinski definition) is 2. The number of likely N-dealkylation sites (N-methyl/N-ethyl adjacent to an activating group) is 1. The molecule has 0 atom stereocenters. The zero-order valence-corrected chi connectivity index (χ0v) is 8.24. The van der Waals surface area contributed by atoms with Crippen molar-refractivity contribution >= 4 is 17.3 Å². The molecule has 0 aromatic heterocycles. The highest BCUT2D eigenvalue weighted by molar-refractivity contribution is 7.80. The van der Waals surface area contributed by atoms with Crippen LogP contribution in [-0.2, 0) is 0 Å². The molecule has 66 valence electrons. The SMILES string of the molecule is CC(C)N(C)CCNC(N)=S. The van der Waals surface area contributed by atoms with Crippen molar-refractivity contribution in [2.24, 2.45) is 5.73 Å². The molecule has 0 aliphatic rings. The first-order chi connectivity index (χ1) is 5.04. The summed E-state index contributed by atoms with van der Waals surface area (Å²) in [6, 6.07) is 0.572. The quantitative estimate of drug-likeness (QED) is 0.597. The van der Waals surface area contributed by atoms with Crippen molar-refractivity contribution in [3.63, 3.8) is 0 Å². The Balaban J connectivity index is 3.31. The summed E-state index contributed by atoms with van der Waals surface area (Å²) in [5.41, 5.74) is 5.26. The minimum atomic E-state index is 0.377. The smallest absolute Gasteiger partial charge is 0.163 e. The summed E-state index contributed by atoms with van der Waals surface area (Å²) in [7, 11) is 2.08. The summed E-state index contributed by atoms with van der Waals surface area (Å²) in [5, 5.41) is 3.28. The van der Waals surface area contributed by atoms with E-state index in [0.717, 1.165) is 13.1 Å². The molecule has 0 aromatic rings. The highest BCUT2D eigenvalue weighted by atomic mass is 32.1. The summed E-state index contributed by atoms with van der Waals surface area (Å²) in [4.78, 5) is 2.23. The highest BCUT2D eigenvalue weighted by Gasteiger charge is 2.00. The van der Waals surface area contributed by atoms with Crippen LogP contribution in [0.1, 0.15) is 13.8 Å². The topological polar surface area (TPSA) is 41.3 Å². The summed E-state index contributed by atoms with van der Waals surface area (Å²) in [6.45, 7) is 6.10. The van der Waals surface area contributed by atoms with Crippen LogP contribution in [0.4, 0.5) is 0 Å². The fourth-order valence-corrected chi connectivity index (χ4v) is 0.716. The van der Waals surface area contributed by atoms with Gasteiger partial charge in [0.1, 0.15) is 0 Å². The molecule has 3 N–H and O–H groups in total. The predicted octanol–water partition coefficient (Wildman–Crippen LogP) is 0.160. The summed E-state index contributed by atoms with van der Waals surface area (Å²) in [6.07, 6.45) is 0. The third-order valence-electron chi connectivity index (χ3n) is 1.65. The molecule has 0 spiro atoms. The zero-order chi connectivity index (χ0) is 8.85. The van der Waals surface area contributed by atoms with E-state index in [1.54, 1.807) is 0 Å². The normalized spacial score (nSPS) is 10.6. The molecular formula is C7H17N3S. The predicted molar refractivity (Wildman–Crippen MR) is 52.6 cm³/mol. The molecular weight excluding hydrogens is 158 g/mol. The molecule has 0 aliphatic carbocycles. The van der Waals surface area contributed by atoms with Crippen LogP contribution in [0.3, 0.4) is 0 Å². The van der Waals surface area contributed by atoms with Gasteiger partial charge < -0.3 is 16.0 Å². The van der Waals surface area contributed by atoms with Crippen LogP contribution in [0.15, 0.2) is 0 Å². The standard InChI is InChI=1S/C7H17N3S/c1-6(2)10(3)5-4-9-7(8)11/h6H,4-5H2,1-3H3,(H3,8,9,11). The Morgan fingerprint density at radius 1 is 1.64 bits per heavy atom. The molecule has 0 aromatic carbocycles. The molecule has 0 amide bonds. The molecule has 4 heteroatoms. The van der Waals surface area contributed by atoms with Crippen molar-refractivity contribution in [1.29, 1.82) is 0 Å². The minimum absolute atomic E-state index is 0.377. The Morgan fingerprint density at radius 2 is 2.18 bits per heavy atom. The average Bonchev–Trinajstić information content (AvgIpc) is 1.86. The molecule has 0 heterocycles. The van der Waals surface area contributed by atoms with E-state index in [9.17, 15) is 0 Å². The van der Waals surface area contributed by atoms with Crippen LogP contribution in [0.5, 0.6) is 0 Å². The Morgan fingerprint density at radius 3 is 2.55 bits per heavy atom. The second-order valence-corrected chi connectivity index (χ2v) is 3.31. The van der Waals surface area contributed by atoms with Crippen LogP contribution in [0.2, 0.25) is 0 Å². The highest BCUT2D eigenvalue weighted by Crippen LogP contribution is 1.90. The van der Waals surface area contributed by atoms with E-state index in [1.807, 2.05) is 0 Å². The van der Waals surface area contributed by atoms with E-state index in [4.69, 9.17) is 5.73 Å². The molecule has 0 radical (unpaired) electrons. The van der Waals surface area contributed by atoms with Gasteiger partial charge in [-0.3, -0.25) is 0 Å². The molecule has 0 saturated carbocycles. The maximum atomic E-state index is 5.26. The van der Waals surface area contributed by atoms with E-state index in [-0.39, 0.29) is 0 Å². The monoisotopic (exact) mass is 175 g/mol. The van der Waals surface area contributed by atoms with E-state index >= 15 is 0 Å². The molecule has 3 nitrogen and oxygen atoms in total. The van der Waals surface area contributed by atoms with Crippen molar-refractivity contribution in [3.05, 3.63) is 0 Å². The van der Waals surface area contributed by atoms with Gasteiger partial charge in [-0.15, -0.1) is 0 Å². The van der Waals surface area contributed by atoms with Crippen LogP contribution < -0.4 is 11.1 Å². The van der Waals surface area contributed by atoms with Gasteiger partial charge in [-0.25, -0.2) is 0 Å². The molecule has 0 saturated heterocycles. The van der Waals surface area contributed by atoms with Gasteiger partial charge in [0.25, 0.3) is 0 Å². The first-order valence-corrected chi connectivity index (χ1v) is 4.18. The van der Waals surface area contributed by atoms with Gasteiger partial charge in [0, 0.05) is 19.1 Å². The molecule has 0 aliphatic heterocycles. The third-order valence-corrected chi connectivity index (χ3v) is 1.79. The first kappa shape index (κ1) is 10.7. The number of nitrogens with zero attached hydrogens (tertiary/aromatic N) is 1. The number of thiocarbonyl (C=S) groups is 1. The summed E-state index contributed by atoms with van der Waals surface area (Å²) < 4.78 is 0. The molecule has 0 fully saturated rings. The maximum absolute atomic E-state index is 5.26. The lowest BCUT2D eigenvalue weighted by molar-refractivity contribution is 0.278. The number of rotatable bonds is 4. The summed E-state index contributed by atoms with van der Waals surface area (Å²) in [5.74, 6) is 0. The fraction of sp³-hybridized carbons (Fsp3) is 0.857. The minimum Gasteiger partial charge on any atom is -0.376 e. The van der Waals surface area contributed by atoms with E-state index in [0.29, 0.717) is 11.2 Å². The molecule has 0 bridgehead atoms. The Labute approximate surface area is 73.9 Å². The van der Waals surface area contributed by atoms with Crippen LogP contribution >= 0.6 is 12.2 Å². The van der Waals surface area contributed by atoms with Gasteiger partial charge >= 0.3 is 0 Å². The van der Waals surface area contributed by atoms with Crippen molar-refractivity contribution in [2.45, 2.75) is 19.9 Å². The van der Waals surface area contributed by atoms with E-state index < -0.39 is 0 Å². The first-order valence-electron chi connectivity index (χ1n) is 3.77. The second-order valence-electron chi connectivity index (χ2n) is 2.87. The Bertz CT molecular complexity index is 125. The van der Waals surface area contributed by atoms with Gasteiger partial charge in [0.2, 0.25) is 0 Å². The zero-order valence-electron chi connectivity index (χ0n) is 7.42. The number of hydrogen-bond donors (Lipinski definition) is 2. The molecule has 0 unspecified atom stereocenters. The number of nitrogens with two attached hydrogens (primary N) is 1. The number of nitrogens with one attached hydrogen (secondary N) is 1. The fourth-order valence-electron chi connectivity index (χ4n) is 0.614. The largest absolute Gasteiger partial charge is 0.376 e. The van der Waals surface area contributed by atoms with Gasteiger partial charge in [-0.1, -0.05) is 0 Å². The van der Waals surface area contributed by atoms with Gasteiger partial charge in [0.05, 0.1) is 0 Å². The van der Waals surface area contributed by atoms with Crippen LogP contribution in [0, 0.1) is 0 Å². The van der Waals surface area contributed by atoms with Crippen molar-refractivity contribution in [1.82, 2.24) is 10.2 Å². The lowest BCUT2D eigenvalue weighted by atomic mass is 10.3. The van der Waals surface area contributed by atoms with Crippen LogP contribution in [-0.4, -0.2) is 36.2 Å². The third kappa shape index (κ3) is 6.06. The average molecular weight is 175 g/mol. The Hall–Kier alpha value is -0.350. The van der Waals surface area contributed by atoms with E-state index in [2.05, 4.69) is 43.3 Å². The molecule has 11 heavy (non-hydrogen) atoms. The van der Waals surface area contributed by atoms with Gasteiger partial charge in [-0.05, 0) is 33.1 Å². The van der Waals surface area contributed by atoms with Gasteiger partial charge in [0.15, 0.2) is 5.11 Å². The maximum Gasteiger partial charge on any atom is 0.163 e. The second kappa shape index (κ2) is 5.32. The Kier molecular flexibility index (Phi) is 5.15. The lowest BCUT2D eigenvalue weighted by Crippen LogP contribution is -2.38.